The molecule has 0 N–H and O–H groups in total. The molecule has 3 heterocycles. The SMILES string of the molecule is CC(C)(C)c1ccc(N2CCN(c3cccc(C#N)n3)CC2)nn1. The van der Waals surface area contributed by atoms with E-state index in [1.807, 2.05) is 12.1 Å². The molecule has 0 amide bonds. The summed E-state index contributed by atoms with van der Waals surface area (Å²) in [6.07, 6.45) is 0. The Hall–Kier alpha value is -2.68. The number of nitrogens with zero attached hydrogens (tertiary/aromatic N) is 6. The Balaban J connectivity index is 1.65. The van der Waals surface area contributed by atoms with Crippen molar-refractivity contribution in [2.75, 3.05) is 36.0 Å². The smallest absolute Gasteiger partial charge is 0.151 e. The summed E-state index contributed by atoms with van der Waals surface area (Å²) in [5.74, 6) is 1.78. The van der Waals surface area contributed by atoms with Gasteiger partial charge in [0.25, 0.3) is 0 Å². The van der Waals surface area contributed by atoms with Crippen LogP contribution in [-0.4, -0.2) is 41.4 Å². The second-order valence-corrected chi connectivity index (χ2v) is 6.99. The van der Waals surface area contributed by atoms with Crippen molar-refractivity contribution in [2.24, 2.45) is 0 Å². The topological polar surface area (TPSA) is 68.9 Å². The summed E-state index contributed by atoms with van der Waals surface area (Å²) in [5.41, 5.74) is 1.47. The molecular weight excluding hydrogens is 300 g/mol. The molecular formula is C18H22N6. The fourth-order valence-corrected chi connectivity index (χ4v) is 2.72. The van der Waals surface area contributed by atoms with Crippen LogP contribution in [0.3, 0.4) is 0 Å². The van der Waals surface area contributed by atoms with Gasteiger partial charge in [-0.3, -0.25) is 0 Å². The second-order valence-electron chi connectivity index (χ2n) is 6.99. The molecule has 24 heavy (non-hydrogen) atoms. The zero-order valence-electron chi connectivity index (χ0n) is 14.4. The lowest BCUT2D eigenvalue weighted by molar-refractivity contribution is 0.556. The summed E-state index contributed by atoms with van der Waals surface area (Å²) in [4.78, 5) is 8.81. The third-order valence-electron chi connectivity index (χ3n) is 4.20. The van der Waals surface area contributed by atoms with Gasteiger partial charge in [0.1, 0.15) is 17.6 Å². The van der Waals surface area contributed by atoms with Gasteiger partial charge in [-0.25, -0.2) is 4.98 Å². The third kappa shape index (κ3) is 3.46. The van der Waals surface area contributed by atoms with Crippen LogP contribution in [0.5, 0.6) is 0 Å². The van der Waals surface area contributed by atoms with Gasteiger partial charge < -0.3 is 9.80 Å². The number of hydrogen-bond acceptors (Lipinski definition) is 6. The highest BCUT2D eigenvalue weighted by Crippen LogP contribution is 2.22. The van der Waals surface area contributed by atoms with Gasteiger partial charge in [-0.2, -0.15) is 10.4 Å². The summed E-state index contributed by atoms with van der Waals surface area (Å²) < 4.78 is 0. The molecule has 0 saturated carbocycles. The van der Waals surface area contributed by atoms with Gasteiger partial charge in [0.2, 0.25) is 0 Å². The number of anilines is 2. The number of hydrogen-bond donors (Lipinski definition) is 0. The summed E-state index contributed by atoms with van der Waals surface area (Å²) in [6.45, 7) is 9.84. The predicted molar refractivity (Wildman–Crippen MR) is 94.1 cm³/mol. The van der Waals surface area contributed by atoms with Crippen LogP contribution in [0.1, 0.15) is 32.2 Å². The van der Waals surface area contributed by atoms with E-state index in [1.165, 1.54) is 0 Å². The van der Waals surface area contributed by atoms with Crippen LogP contribution in [-0.2, 0) is 5.41 Å². The largest absolute Gasteiger partial charge is 0.353 e. The van der Waals surface area contributed by atoms with E-state index in [-0.39, 0.29) is 5.41 Å². The fourth-order valence-electron chi connectivity index (χ4n) is 2.72. The standard InChI is InChI=1S/C18H22N6/c1-18(2,3)15-7-8-17(22-21-15)24-11-9-23(10-12-24)16-6-4-5-14(13-19)20-16/h4-8H,9-12H2,1-3H3. The van der Waals surface area contributed by atoms with E-state index in [4.69, 9.17) is 5.26 Å². The van der Waals surface area contributed by atoms with Crippen LogP contribution >= 0.6 is 0 Å². The van der Waals surface area contributed by atoms with E-state index in [2.05, 4.69) is 64.0 Å². The first-order valence-electron chi connectivity index (χ1n) is 8.18. The zero-order valence-corrected chi connectivity index (χ0v) is 14.4. The highest BCUT2D eigenvalue weighted by Gasteiger charge is 2.21. The van der Waals surface area contributed by atoms with Crippen LogP contribution in [0.15, 0.2) is 30.3 Å². The van der Waals surface area contributed by atoms with Crippen LogP contribution in [0.25, 0.3) is 0 Å². The maximum atomic E-state index is 8.98. The molecule has 1 aliphatic heterocycles. The van der Waals surface area contributed by atoms with Crippen molar-refractivity contribution in [3.05, 3.63) is 41.7 Å². The quantitative estimate of drug-likeness (QED) is 0.845. The normalized spacial score (nSPS) is 15.2. The summed E-state index contributed by atoms with van der Waals surface area (Å²) in [7, 11) is 0. The van der Waals surface area contributed by atoms with Crippen molar-refractivity contribution in [3.8, 4) is 6.07 Å². The number of nitriles is 1. The lowest BCUT2D eigenvalue weighted by Crippen LogP contribution is -2.47. The minimum atomic E-state index is 0.0155. The number of piperazine rings is 1. The summed E-state index contributed by atoms with van der Waals surface area (Å²) in [5, 5.41) is 17.7. The Labute approximate surface area is 142 Å². The minimum absolute atomic E-state index is 0.0155. The first kappa shape index (κ1) is 16.2. The molecule has 124 valence electrons. The molecule has 6 nitrogen and oxygen atoms in total. The molecule has 1 fully saturated rings. The lowest BCUT2D eigenvalue weighted by atomic mass is 9.92. The number of aromatic nitrogens is 3. The van der Waals surface area contributed by atoms with Crippen molar-refractivity contribution in [2.45, 2.75) is 26.2 Å². The monoisotopic (exact) mass is 322 g/mol. The van der Waals surface area contributed by atoms with Gasteiger partial charge in [-0.05, 0) is 24.3 Å². The molecule has 1 saturated heterocycles. The average Bonchev–Trinajstić information content (AvgIpc) is 2.61. The minimum Gasteiger partial charge on any atom is -0.353 e. The van der Waals surface area contributed by atoms with Crippen molar-refractivity contribution < 1.29 is 0 Å². The summed E-state index contributed by atoms with van der Waals surface area (Å²) in [6, 6.07) is 11.8. The number of pyridine rings is 1. The van der Waals surface area contributed by atoms with E-state index >= 15 is 0 Å². The fraction of sp³-hybridized carbons (Fsp3) is 0.444. The van der Waals surface area contributed by atoms with Crippen LogP contribution in [0.2, 0.25) is 0 Å². The first-order chi connectivity index (χ1) is 11.5. The van der Waals surface area contributed by atoms with Crippen LogP contribution in [0.4, 0.5) is 11.6 Å². The molecule has 6 heteroatoms. The molecule has 0 aliphatic carbocycles. The van der Waals surface area contributed by atoms with E-state index < -0.39 is 0 Å². The Morgan fingerprint density at radius 3 is 2.12 bits per heavy atom. The molecule has 2 aromatic rings. The Kier molecular flexibility index (Phi) is 4.34. The van der Waals surface area contributed by atoms with Crippen molar-refractivity contribution in [3.63, 3.8) is 0 Å². The van der Waals surface area contributed by atoms with Crippen molar-refractivity contribution >= 4 is 11.6 Å². The van der Waals surface area contributed by atoms with Gasteiger partial charge in [0.15, 0.2) is 5.82 Å². The molecule has 2 aromatic heterocycles. The van der Waals surface area contributed by atoms with Gasteiger partial charge >= 0.3 is 0 Å². The average molecular weight is 322 g/mol. The Bertz CT molecular complexity index is 733. The molecule has 0 atom stereocenters. The highest BCUT2D eigenvalue weighted by atomic mass is 15.3. The van der Waals surface area contributed by atoms with Crippen molar-refractivity contribution in [1.29, 1.82) is 5.26 Å². The third-order valence-corrected chi connectivity index (χ3v) is 4.20. The maximum Gasteiger partial charge on any atom is 0.151 e. The molecule has 0 aromatic carbocycles. The molecule has 0 unspecified atom stereocenters. The van der Waals surface area contributed by atoms with Gasteiger partial charge in [0.05, 0.1) is 5.69 Å². The number of rotatable bonds is 2. The van der Waals surface area contributed by atoms with E-state index in [0.717, 1.165) is 43.5 Å². The Morgan fingerprint density at radius 2 is 1.58 bits per heavy atom. The van der Waals surface area contributed by atoms with E-state index in [0.29, 0.717) is 5.69 Å². The second kappa shape index (κ2) is 6.44. The summed E-state index contributed by atoms with van der Waals surface area (Å²) >= 11 is 0. The highest BCUT2D eigenvalue weighted by molar-refractivity contribution is 5.46. The Morgan fingerprint density at radius 1 is 0.917 bits per heavy atom. The van der Waals surface area contributed by atoms with Gasteiger partial charge in [-0.15, -0.1) is 5.10 Å². The molecule has 1 aliphatic rings. The van der Waals surface area contributed by atoms with Crippen LogP contribution in [0, 0.1) is 11.3 Å². The predicted octanol–water partition coefficient (Wildman–Crippen LogP) is 2.37. The van der Waals surface area contributed by atoms with Gasteiger partial charge in [0, 0.05) is 31.6 Å². The molecule has 3 rings (SSSR count). The lowest BCUT2D eigenvalue weighted by Gasteiger charge is -2.36. The first-order valence-corrected chi connectivity index (χ1v) is 8.18. The molecule has 0 spiro atoms. The molecule has 0 radical (unpaired) electrons. The van der Waals surface area contributed by atoms with Gasteiger partial charge in [-0.1, -0.05) is 26.8 Å². The molecule has 0 bridgehead atoms. The van der Waals surface area contributed by atoms with Crippen molar-refractivity contribution in [1.82, 2.24) is 15.2 Å². The van der Waals surface area contributed by atoms with E-state index in [1.54, 1.807) is 6.07 Å². The maximum absolute atomic E-state index is 8.98. The zero-order chi connectivity index (χ0) is 17.2. The van der Waals surface area contributed by atoms with Crippen LogP contribution < -0.4 is 9.80 Å². The van der Waals surface area contributed by atoms with E-state index in [9.17, 15) is 0 Å².